The van der Waals surface area contributed by atoms with Gasteiger partial charge in [-0.2, -0.15) is 0 Å². The zero-order valence-electron chi connectivity index (χ0n) is 10.4. The zero-order valence-corrected chi connectivity index (χ0v) is 10.4. The predicted octanol–water partition coefficient (Wildman–Crippen LogP) is 4.10. The first-order chi connectivity index (χ1) is 7.09. The molecule has 0 aromatic heterocycles. The Labute approximate surface area is 93.8 Å². The molecule has 0 aromatic rings. The molecule has 4 aliphatic rings. The molecule has 0 heteroatoms. The Hall–Kier alpha value is 0. The van der Waals surface area contributed by atoms with Crippen LogP contribution in [0.1, 0.15) is 52.9 Å². The molecule has 0 aromatic carbocycles. The maximum absolute atomic E-state index is 2.66. The number of rotatable bonds is 0. The first kappa shape index (κ1) is 9.07. The molecule has 15 heavy (non-hydrogen) atoms. The van der Waals surface area contributed by atoms with Gasteiger partial charge in [-0.3, -0.25) is 0 Å². The van der Waals surface area contributed by atoms with Crippen LogP contribution in [0.15, 0.2) is 0 Å². The smallest absolute Gasteiger partial charge is 0.0207 e. The van der Waals surface area contributed by atoms with E-state index < -0.39 is 0 Å². The molecule has 4 rings (SSSR count). The summed E-state index contributed by atoms with van der Waals surface area (Å²) in [5.41, 5.74) is 1.50. The molecule has 0 saturated heterocycles. The summed E-state index contributed by atoms with van der Waals surface area (Å²) in [6.45, 7) is 7.86. The van der Waals surface area contributed by atoms with Crippen molar-refractivity contribution in [1.29, 1.82) is 0 Å². The highest BCUT2D eigenvalue weighted by molar-refractivity contribution is 5.23. The fraction of sp³-hybridized carbons (Fsp3) is 1.00. The summed E-state index contributed by atoms with van der Waals surface area (Å²) in [6, 6.07) is 0. The molecule has 0 radical (unpaired) electrons. The number of hydrogen-bond donors (Lipinski definition) is 0. The molecule has 0 spiro atoms. The predicted molar refractivity (Wildman–Crippen MR) is 62.4 cm³/mol. The van der Waals surface area contributed by atoms with Gasteiger partial charge in [-0.25, -0.2) is 0 Å². The van der Waals surface area contributed by atoms with Crippen LogP contribution < -0.4 is 0 Å². The van der Waals surface area contributed by atoms with Crippen LogP contribution >= 0.6 is 0 Å². The van der Waals surface area contributed by atoms with Crippen LogP contribution in [-0.2, 0) is 0 Å². The second-order valence-electron chi connectivity index (χ2n) is 7.52. The topological polar surface area (TPSA) is 0 Å². The maximum atomic E-state index is 2.66. The lowest BCUT2D eigenvalue weighted by Crippen LogP contribution is -2.59. The van der Waals surface area contributed by atoms with Crippen molar-refractivity contribution in [3.8, 4) is 0 Å². The lowest BCUT2D eigenvalue weighted by atomic mass is 9.39. The molecule has 4 fully saturated rings. The van der Waals surface area contributed by atoms with Gasteiger partial charge < -0.3 is 0 Å². The van der Waals surface area contributed by atoms with Crippen LogP contribution in [0.3, 0.4) is 0 Å². The third kappa shape index (κ3) is 0.691. The second kappa shape index (κ2) is 2.31. The molecule has 0 N–H and O–H groups in total. The zero-order chi connectivity index (χ0) is 10.4. The van der Waals surface area contributed by atoms with Crippen LogP contribution in [0.2, 0.25) is 0 Å². The van der Waals surface area contributed by atoms with Gasteiger partial charge in [-0.1, -0.05) is 27.2 Å². The van der Waals surface area contributed by atoms with E-state index in [-0.39, 0.29) is 0 Å². The van der Waals surface area contributed by atoms with Gasteiger partial charge in [-0.15, -0.1) is 0 Å². The number of hydrogen-bond acceptors (Lipinski definition) is 0. The minimum atomic E-state index is 0.729. The van der Waals surface area contributed by atoms with Crippen molar-refractivity contribution in [2.75, 3.05) is 0 Å². The van der Waals surface area contributed by atoms with Crippen LogP contribution in [0, 0.1) is 40.4 Å². The fourth-order valence-corrected chi connectivity index (χ4v) is 6.97. The minimum absolute atomic E-state index is 0.729. The molecule has 2 bridgehead atoms. The molecular weight excluding hydrogens is 180 g/mol. The first-order valence-corrected chi connectivity index (χ1v) is 7.09. The van der Waals surface area contributed by atoms with E-state index in [9.17, 15) is 0 Å². The SMILES string of the molecule is CC1CC2C3CCCC4(C)C1CC2C34C. The molecule has 4 aliphatic carbocycles. The molecule has 4 saturated carbocycles. The molecule has 0 heterocycles. The van der Waals surface area contributed by atoms with Crippen molar-refractivity contribution in [2.45, 2.75) is 52.9 Å². The summed E-state index contributed by atoms with van der Waals surface area (Å²) in [4.78, 5) is 0. The highest BCUT2D eigenvalue weighted by Gasteiger charge is 2.75. The van der Waals surface area contributed by atoms with Crippen LogP contribution in [-0.4, -0.2) is 0 Å². The van der Waals surface area contributed by atoms with Gasteiger partial charge in [-0.05, 0) is 66.1 Å². The highest BCUT2D eigenvalue weighted by Crippen LogP contribution is 2.82. The molecule has 7 unspecified atom stereocenters. The first-order valence-electron chi connectivity index (χ1n) is 7.09. The van der Waals surface area contributed by atoms with Crippen LogP contribution in [0.4, 0.5) is 0 Å². The lowest BCUT2D eigenvalue weighted by Gasteiger charge is -2.65. The average Bonchev–Trinajstić information content (AvgIpc) is 2.41. The monoisotopic (exact) mass is 204 g/mol. The van der Waals surface area contributed by atoms with Crippen molar-refractivity contribution in [1.82, 2.24) is 0 Å². The Morgan fingerprint density at radius 1 is 1.00 bits per heavy atom. The normalized spacial score (nSPS) is 70.2. The lowest BCUT2D eigenvalue weighted by molar-refractivity contribution is -0.170. The van der Waals surface area contributed by atoms with Gasteiger partial charge in [0.25, 0.3) is 0 Å². The van der Waals surface area contributed by atoms with Gasteiger partial charge in [0.05, 0.1) is 0 Å². The van der Waals surface area contributed by atoms with Crippen molar-refractivity contribution in [3.63, 3.8) is 0 Å². The van der Waals surface area contributed by atoms with E-state index in [1.165, 1.54) is 12.8 Å². The second-order valence-corrected chi connectivity index (χ2v) is 7.52. The molecule has 0 nitrogen and oxygen atoms in total. The van der Waals surface area contributed by atoms with Gasteiger partial charge in [0, 0.05) is 0 Å². The Morgan fingerprint density at radius 3 is 2.60 bits per heavy atom. The molecular formula is C15H24. The van der Waals surface area contributed by atoms with E-state index in [0.29, 0.717) is 0 Å². The summed E-state index contributed by atoms with van der Waals surface area (Å²) in [7, 11) is 0. The average molecular weight is 204 g/mol. The minimum Gasteiger partial charge on any atom is -0.0622 e. The summed E-state index contributed by atoms with van der Waals surface area (Å²) in [6.07, 6.45) is 7.80. The van der Waals surface area contributed by atoms with Crippen molar-refractivity contribution in [3.05, 3.63) is 0 Å². The molecule has 7 atom stereocenters. The summed E-state index contributed by atoms with van der Waals surface area (Å²) in [5, 5.41) is 0. The van der Waals surface area contributed by atoms with E-state index in [2.05, 4.69) is 20.8 Å². The van der Waals surface area contributed by atoms with Crippen LogP contribution in [0.25, 0.3) is 0 Å². The fourth-order valence-electron chi connectivity index (χ4n) is 6.97. The Bertz CT molecular complexity index is 320. The van der Waals surface area contributed by atoms with E-state index in [4.69, 9.17) is 0 Å². The summed E-state index contributed by atoms with van der Waals surface area (Å²) < 4.78 is 0. The Balaban J connectivity index is 1.90. The third-order valence-electron chi connectivity index (χ3n) is 7.67. The van der Waals surface area contributed by atoms with Gasteiger partial charge in [0.15, 0.2) is 0 Å². The maximum Gasteiger partial charge on any atom is -0.0207 e. The standard InChI is InChI=1S/C15H24/c1-9-7-10-11-5-4-6-14(2)12(9)8-13(10)15(11,14)3/h9-13H,4-8H2,1-3H3. The molecule has 0 amide bonds. The van der Waals surface area contributed by atoms with Crippen molar-refractivity contribution >= 4 is 0 Å². The summed E-state index contributed by atoms with van der Waals surface area (Å²) in [5.74, 6) is 5.50. The van der Waals surface area contributed by atoms with E-state index in [1.807, 2.05) is 0 Å². The van der Waals surface area contributed by atoms with Gasteiger partial charge in [0.1, 0.15) is 0 Å². The largest absolute Gasteiger partial charge is 0.0622 e. The van der Waals surface area contributed by atoms with E-state index in [0.717, 1.165) is 40.4 Å². The van der Waals surface area contributed by atoms with E-state index >= 15 is 0 Å². The molecule has 0 aliphatic heterocycles. The Kier molecular flexibility index (Phi) is 1.40. The van der Waals surface area contributed by atoms with Crippen molar-refractivity contribution in [2.24, 2.45) is 40.4 Å². The summed E-state index contributed by atoms with van der Waals surface area (Å²) >= 11 is 0. The van der Waals surface area contributed by atoms with E-state index in [1.54, 1.807) is 19.3 Å². The molecule has 84 valence electrons. The van der Waals surface area contributed by atoms with Gasteiger partial charge in [0.2, 0.25) is 0 Å². The third-order valence-corrected chi connectivity index (χ3v) is 7.67. The highest BCUT2D eigenvalue weighted by atomic mass is 14.8. The quantitative estimate of drug-likeness (QED) is 0.557. The Morgan fingerprint density at radius 2 is 1.80 bits per heavy atom. The van der Waals surface area contributed by atoms with Gasteiger partial charge >= 0.3 is 0 Å². The number of fused-ring (bicyclic) bond motifs is 3. The van der Waals surface area contributed by atoms with Crippen LogP contribution in [0.5, 0.6) is 0 Å². The van der Waals surface area contributed by atoms with Crippen molar-refractivity contribution < 1.29 is 0 Å².